The first-order valence-electron chi connectivity index (χ1n) is 9.56. The van der Waals surface area contributed by atoms with Crippen LogP contribution in [0.3, 0.4) is 0 Å². The van der Waals surface area contributed by atoms with Crippen LogP contribution in [0.4, 0.5) is 0 Å². The fraction of sp³-hybridized carbons (Fsp3) is 0.526. The lowest BCUT2D eigenvalue weighted by Crippen LogP contribution is -2.71. The van der Waals surface area contributed by atoms with Crippen molar-refractivity contribution in [2.75, 3.05) is 12.4 Å². The SMILES string of the molecule is CC(=O)OCC1=C(C(=O)O)N2C(=O)[C@@H](NC(=O)[C@@H](C)Cn3nc(C)c(Br)c3C)[C@@H]2SC1. The molecule has 3 rings (SSSR count). The van der Waals surface area contributed by atoms with E-state index in [-0.39, 0.29) is 24.0 Å². The van der Waals surface area contributed by atoms with Crippen molar-refractivity contribution in [3.8, 4) is 0 Å². The van der Waals surface area contributed by atoms with Gasteiger partial charge in [0.2, 0.25) is 5.91 Å². The van der Waals surface area contributed by atoms with Crippen LogP contribution >= 0.6 is 27.7 Å². The average molecular weight is 515 g/mol. The summed E-state index contributed by atoms with van der Waals surface area (Å²) < 4.78 is 7.54. The van der Waals surface area contributed by atoms with Crippen LogP contribution in [0.5, 0.6) is 0 Å². The first-order valence-corrected chi connectivity index (χ1v) is 11.4. The smallest absolute Gasteiger partial charge is 0.352 e. The minimum atomic E-state index is -1.27. The molecule has 0 aliphatic carbocycles. The molecule has 31 heavy (non-hydrogen) atoms. The highest BCUT2D eigenvalue weighted by Gasteiger charge is 2.54. The normalized spacial score (nSPS) is 21.3. The summed E-state index contributed by atoms with van der Waals surface area (Å²) in [5.74, 6) is -2.78. The van der Waals surface area contributed by atoms with Gasteiger partial charge in [0.05, 0.1) is 22.6 Å². The third-order valence-electron chi connectivity index (χ3n) is 5.18. The molecule has 12 heteroatoms. The average Bonchev–Trinajstić information content (AvgIpc) is 2.95. The van der Waals surface area contributed by atoms with Crippen LogP contribution in [0.15, 0.2) is 15.7 Å². The standard InChI is InChI=1S/C19H23BrN4O6S/c1-8(5-23-10(3)13(20)9(2)22-23)16(26)21-14-17(27)24-15(19(28)29)12(6-30-11(4)25)7-31-18(14)24/h8,14,18H,5-7H2,1-4H3,(H,21,26)(H,28,29)/t8-,14+,18-/m0/s1. The van der Waals surface area contributed by atoms with E-state index in [0.717, 1.165) is 20.8 Å². The maximum atomic E-state index is 12.7. The molecule has 3 heterocycles. The number of carbonyl (C=O) groups is 4. The molecule has 10 nitrogen and oxygen atoms in total. The van der Waals surface area contributed by atoms with Crippen molar-refractivity contribution in [2.45, 2.75) is 45.7 Å². The number of ether oxygens (including phenoxy) is 1. The molecule has 1 saturated heterocycles. The summed E-state index contributed by atoms with van der Waals surface area (Å²) in [7, 11) is 0. The van der Waals surface area contributed by atoms with Gasteiger partial charge in [-0.25, -0.2) is 4.79 Å². The van der Waals surface area contributed by atoms with Crippen LogP contribution in [0.1, 0.15) is 25.2 Å². The van der Waals surface area contributed by atoms with Crippen molar-refractivity contribution in [1.29, 1.82) is 0 Å². The maximum Gasteiger partial charge on any atom is 0.352 e. The molecule has 2 amide bonds. The Labute approximate surface area is 191 Å². The number of carboxylic acids is 1. The Morgan fingerprint density at radius 3 is 2.61 bits per heavy atom. The lowest BCUT2D eigenvalue weighted by molar-refractivity contribution is -0.151. The predicted octanol–water partition coefficient (Wildman–Crippen LogP) is 1.20. The van der Waals surface area contributed by atoms with Crippen LogP contribution in [-0.2, 0) is 30.5 Å². The first kappa shape index (κ1) is 23.3. The molecule has 1 aromatic rings. The van der Waals surface area contributed by atoms with Gasteiger partial charge >= 0.3 is 11.9 Å². The van der Waals surface area contributed by atoms with E-state index in [1.165, 1.54) is 18.7 Å². The zero-order valence-electron chi connectivity index (χ0n) is 17.5. The fourth-order valence-electron chi connectivity index (χ4n) is 3.47. The second-order valence-corrected chi connectivity index (χ2v) is 9.40. The molecule has 2 aliphatic heterocycles. The highest BCUT2D eigenvalue weighted by Crippen LogP contribution is 2.40. The molecule has 0 spiro atoms. The van der Waals surface area contributed by atoms with E-state index in [9.17, 15) is 24.3 Å². The van der Waals surface area contributed by atoms with Crippen LogP contribution in [-0.4, -0.2) is 67.3 Å². The number of aryl methyl sites for hydroxylation is 1. The number of thioether (sulfide) groups is 1. The Hall–Kier alpha value is -2.34. The maximum absolute atomic E-state index is 12.7. The molecule has 1 aromatic heterocycles. The molecular weight excluding hydrogens is 492 g/mol. The molecule has 0 unspecified atom stereocenters. The monoisotopic (exact) mass is 514 g/mol. The van der Waals surface area contributed by atoms with Crippen molar-refractivity contribution in [3.63, 3.8) is 0 Å². The zero-order valence-corrected chi connectivity index (χ0v) is 19.9. The van der Waals surface area contributed by atoms with Gasteiger partial charge in [-0.3, -0.25) is 24.0 Å². The predicted molar refractivity (Wildman–Crippen MR) is 115 cm³/mol. The quantitative estimate of drug-likeness (QED) is 0.409. The Kier molecular flexibility index (Phi) is 6.79. The van der Waals surface area contributed by atoms with E-state index in [2.05, 4.69) is 26.3 Å². The third-order valence-corrected chi connectivity index (χ3v) is 7.67. The molecule has 1 fully saturated rings. The van der Waals surface area contributed by atoms with E-state index in [4.69, 9.17) is 4.74 Å². The number of nitrogens with zero attached hydrogens (tertiary/aromatic N) is 3. The minimum absolute atomic E-state index is 0.180. The van der Waals surface area contributed by atoms with Gasteiger partial charge in [-0.2, -0.15) is 5.10 Å². The number of esters is 1. The van der Waals surface area contributed by atoms with Gasteiger partial charge in [-0.15, -0.1) is 11.8 Å². The second kappa shape index (κ2) is 9.03. The van der Waals surface area contributed by atoms with Crippen molar-refractivity contribution in [2.24, 2.45) is 5.92 Å². The summed E-state index contributed by atoms with van der Waals surface area (Å²) in [6.45, 7) is 6.89. The number of hydrogen-bond donors (Lipinski definition) is 2. The zero-order chi connectivity index (χ0) is 23.0. The topological polar surface area (TPSA) is 131 Å². The Morgan fingerprint density at radius 2 is 2.06 bits per heavy atom. The highest BCUT2D eigenvalue weighted by atomic mass is 79.9. The number of carbonyl (C=O) groups excluding carboxylic acids is 3. The van der Waals surface area contributed by atoms with Crippen molar-refractivity contribution in [1.82, 2.24) is 20.0 Å². The van der Waals surface area contributed by atoms with E-state index in [1.807, 2.05) is 13.8 Å². The van der Waals surface area contributed by atoms with Crippen molar-refractivity contribution < 1.29 is 29.0 Å². The molecule has 0 aromatic carbocycles. The molecule has 0 bridgehead atoms. The number of rotatable bonds is 7. The summed E-state index contributed by atoms with van der Waals surface area (Å²) in [5.41, 5.74) is 1.90. The van der Waals surface area contributed by atoms with Crippen molar-refractivity contribution in [3.05, 3.63) is 27.1 Å². The summed E-state index contributed by atoms with van der Waals surface area (Å²) in [5, 5.41) is 16.2. The van der Waals surface area contributed by atoms with Gasteiger partial charge < -0.3 is 15.2 Å². The number of fused-ring (bicyclic) bond motifs is 1. The number of aromatic nitrogens is 2. The van der Waals surface area contributed by atoms with Gasteiger partial charge in [-0.05, 0) is 29.8 Å². The van der Waals surface area contributed by atoms with Crippen LogP contribution in [0.25, 0.3) is 0 Å². The van der Waals surface area contributed by atoms with E-state index < -0.39 is 35.2 Å². The summed E-state index contributed by atoms with van der Waals surface area (Å²) in [4.78, 5) is 49.3. The Bertz CT molecular complexity index is 990. The Morgan fingerprint density at radius 1 is 1.39 bits per heavy atom. The lowest BCUT2D eigenvalue weighted by atomic mass is 10.0. The number of aliphatic carboxylic acids is 1. The molecule has 2 aliphatic rings. The van der Waals surface area contributed by atoms with Crippen molar-refractivity contribution >= 4 is 51.4 Å². The minimum Gasteiger partial charge on any atom is -0.477 e. The number of amides is 2. The number of β-lactam (4-membered cyclic amide) rings is 1. The van der Waals surface area contributed by atoms with Gasteiger partial charge in [0.15, 0.2) is 0 Å². The molecule has 3 atom stereocenters. The lowest BCUT2D eigenvalue weighted by Gasteiger charge is -2.49. The van der Waals surface area contributed by atoms with Gasteiger partial charge in [0.1, 0.15) is 23.7 Å². The van der Waals surface area contributed by atoms with Gasteiger partial charge in [-0.1, -0.05) is 6.92 Å². The molecule has 168 valence electrons. The third kappa shape index (κ3) is 4.49. The molecule has 0 radical (unpaired) electrons. The van der Waals surface area contributed by atoms with Crippen LogP contribution < -0.4 is 5.32 Å². The number of hydrogen-bond acceptors (Lipinski definition) is 7. The number of nitrogens with one attached hydrogen (secondary N) is 1. The summed E-state index contributed by atoms with van der Waals surface area (Å²) >= 11 is 4.78. The fourth-order valence-corrected chi connectivity index (χ4v) is 5.09. The van der Waals surface area contributed by atoms with E-state index >= 15 is 0 Å². The largest absolute Gasteiger partial charge is 0.477 e. The Balaban J connectivity index is 1.67. The second-order valence-electron chi connectivity index (χ2n) is 7.50. The van der Waals surface area contributed by atoms with Gasteiger partial charge in [0, 0.05) is 23.9 Å². The summed E-state index contributed by atoms with van der Waals surface area (Å²) in [6.07, 6.45) is 0. The summed E-state index contributed by atoms with van der Waals surface area (Å²) in [6, 6.07) is -0.809. The van der Waals surface area contributed by atoms with E-state index in [0.29, 0.717) is 12.1 Å². The first-order chi connectivity index (χ1) is 14.5. The van der Waals surface area contributed by atoms with E-state index in [1.54, 1.807) is 11.6 Å². The van der Waals surface area contributed by atoms with Crippen LogP contribution in [0.2, 0.25) is 0 Å². The highest BCUT2D eigenvalue weighted by molar-refractivity contribution is 9.10. The van der Waals surface area contributed by atoms with Crippen LogP contribution in [0, 0.1) is 19.8 Å². The van der Waals surface area contributed by atoms with Gasteiger partial charge in [0.25, 0.3) is 5.91 Å². The number of halogens is 1. The number of carboxylic acid groups (broad SMARTS) is 1. The molecular formula is C19H23BrN4O6S. The molecule has 2 N–H and O–H groups in total. The molecule has 0 saturated carbocycles.